The third-order valence-corrected chi connectivity index (χ3v) is 4.52. The molecule has 148 valence electrons. The lowest BCUT2D eigenvalue weighted by Gasteiger charge is -2.24. The zero-order valence-corrected chi connectivity index (χ0v) is 15.3. The molecular weight excluding hydrogens is 364 g/mol. The van der Waals surface area contributed by atoms with E-state index in [-0.39, 0.29) is 6.54 Å². The van der Waals surface area contributed by atoms with Gasteiger partial charge in [0.1, 0.15) is 26.4 Å². The molecule has 0 bridgehead atoms. The number of rotatable bonds is 6. The number of nitrogens with zero attached hydrogens (tertiary/aromatic N) is 1. The fourth-order valence-corrected chi connectivity index (χ4v) is 3.29. The van der Waals surface area contributed by atoms with Gasteiger partial charge in [-0.1, -0.05) is 12.1 Å². The third kappa shape index (κ3) is 4.29. The second-order valence-electron chi connectivity index (χ2n) is 6.64. The van der Waals surface area contributed by atoms with Gasteiger partial charge in [0.15, 0.2) is 23.0 Å². The van der Waals surface area contributed by atoms with Crippen molar-refractivity contribution in [2.45, 2.75) is 13.1 Å². The van der Waals surface area contributed by atoms with Crippen LogP contribution in [-0.2, 0) is 17.9 Å². The molecule has 28 heavy (non-hydrogen) atoms. The number of hydrogen-bond acceptors (Lipinski definition) is 7. The van der Waals surface area contributed by atoms with Crippen LogP contribution < -0.4 is 24.4 Å². The molecule has 1 amide bonds. The molecule has 0 aromatic heterocycles. The SMILES string of the molecule is O=C(CN(Cc1ccc2c(c1)OCCO2)Cc1ccc2c(c1)OCCO2)NO. The number of nitrogens with one attached hydrogen (secondary N) is 1. The maximum absolute atomic E-state index is 11.8. The molecule has 4 rings (SSSR count). The van der Waals surface area contributed by atoms with E-state index >= 15 is 0 Å². The van der Waals surface area contributed by atoms with Crippen molar-refractivity contribution < 1.29 is 28.9 Å². The lowest BCUT2D eigenvalue weighted by atomic mass is 10.1. The molecule has 2 aromatic carbocycles. The molecule has 0 unspecified atom stereocenters. The summed E-state index contributed by atoms with van der Waals surface area (Å²) in [7, 11) is 0. The summed E-state index contributed by atoms with van der Waals surface area (Å²) < 4.78 is 22.4. The lowest BCUT2D eigenvalue weighted by molar-refractivity contribution is -0.130. The first kappa shape index (κ1) is 18.4. The van der Waals surface area contributed by atoms with Crippen LogP contribution in [-0.4, -0.2) is 49.0 Å². The molecule has 0 radical (unpaired) electrons. The summed E-state index contributed by atoms with van der Waals surface area (Å²) in [5, 5.41) is 8.93. The number of carbonyl (C=O) groups excluding carboxylic acids is 1. The molecule has 0 saturated heterocycles. The van der Waals surface area contributed by atoms with Gasteiger partial charge in [-0.15, -0.1) is 0 Å². The molecule has 2 aliphatic heterocycles. The highest BCUT2D eigenvalue weighted by Crippen LogP contribution is 2.32. The number of benzene rings is 2. The second-order valence-corrected chi connectivity index (χ2v) is 6.64. The van der Waals surface area contributed by atoms with E-state index in [1.165, 1.54) is 0 Å². The molecule has 0 aliphatic carbocycles. The number of hydroxylamine groups is 1. The van der Waals surface area contributed by atoms with E-state index < -0.39 is 5.91 Å². The standard InChI is InChI=1S/C20H22N2O6/c23-20(21-24)13-22(11-14-1-3-16-18(9-14)27-7-5-25-16)12-15-2-4-17-19(10-15)28-8-6-26-17/h1-4,9-10,24H,5-8,11-13H2,(H,21,23). The van der Waals surface area contributed by atoms with Gasteiger partial charge in [0.25, 0.3) is 5.91 Å². The summed E-state index contributed by atoms with van der Waals surface area (Å²) >= 11 is 0. The van der Waals surface area contributed by atoms with Crippen molar-refractivity contribution in [1.82, 2.24) is 10.4 Å². The van der Waals surface area contributed by atoms with Crippen molar-refractivity contribution in [3.63, 3.8) is 0 Å². The van der Waals surface area contributed by atoms with E-state index in [1.807, 2.05) is 41.3 Å². The Bertz CT molecular complexity index is 795. The van der Waals surface area contributed by atoms with Gasteiger partial charge < -0.3 is 18.9 Å². The Kier molecular flexibility index (Phi) is 5.50. The van der Waals surface area contributed by atoms with Gasteiger partial charge in [0.2, 0.25) is 0 Å². The second kappa shape index (κ2) is 8.37. The number of amides is 1. The predicted octanol–water partition coefficient (Wildman–Crippen LogP) is 1.74. The summed E-state index contributed by atoms with van der Waals surface area (Å²) in [6.45, 7) is 3.16. The Morgan fingerprint density at radius 2 is 1.29 bits per heavy atom. The average Bonchev–Trinajstić information content (AvgIpc) is 2.73. The van der Waals surface area contributed by atoms with Crippen LogP contribution in [0.15, 0.2) is 36.4 Å². The minimum Gasteiger partial charge on any atom is -0.486 e. The van der Waals surface area contributed by atoms with Crippen molar-refractivity contribution in [2.24, 2.45) is 0 Å². The molecule has 8 heteroatoms. The van der Waals surface area contributed by atoms with Crippen LogP contribution in [0.3, 0.4) is 0 Å². The minimum atomic E-state index is -0.477. The largest absolute Gasteiger partial charge is 0.486 e. The third-order valence-electron chi connectivity index (χ3n) is 4.52. The molecule has 2 N–H and O–H groups in total. The molecule has 0 spiro atoms. The molecule has 0 saturated carbocycles. The highest BCUT2D eigenvalue weighted by atomic mass is 16.6. The van der Waals surface area contributed by atoms with Gasteiger partial charge in [-0.05, 0) is 35.4 Å². The van der Waals surface area contributed by atoms with Gasteiger partial charge in [-0.2, -0.15) is 0 Å². The average molecular weight is 386 g/mol. The van der Waals surface area contributed by atoms with E-state index in [4.69, 9.17) is 24.2 Å². The summed E-state index contributed by atoms with van der Waals surface area (Å²) in [6.07, 6.45) is 0. The lowest BCUT2D eigenvalue weighted by Crippen LogP contribution is -2.35. The van der Waals surface area contributed by atoms with Crippen molar-refractivity contribution in [3.8, 4) is 23.0 Å². The smallest absolute Gasteiger partial charge is 0.257 e. The summed E-state index contributed by atoms with van der Waals surface area (Å²) in [6, 6.07) is 11.5. The van der Waals surface area contributed by atoms with E-state index in [0.717, 1.165) is 22.6 Å². The number of carbonyl (C=O) groups is 1. The monoisotopic (exact) mass is 386 g/mol. The normalized spacial score (nSPS) is 14.6. The van der Waals surface area contributed by atoms with E-state index in [0.29, 0.717) is 51.0 Å². The fraction of sp³-hybridized carbons (Fsp3) is 0.350. The number of hydrogen-bond donors (Lipinski definition) is 2. The van der Waals surface area contributed by atoms with Crippen molar-refractivity contribution in [2.75, 3.05) is 33.0 Å². The molecule has 2 aromatic rings. The number of ether oxygens (including phenoxy) is 4. The first-order chi connectivity index (χ1) is 13.7. The molecule has 0 atom stereocenters. The van der Waals surface area contributed by atoms with Crippen molar-refractivity contribution in [1.29, 1.82) is 0 Å². The molecule has 8 nitrogen and oxygen atoms in total. The van der Waals surface area contributed by atoms with Crippen molar-refractivity contribution >= 4 is 5.91 Å². The first-order valence-electron chi connectivity index (χ1n) is 9.13. The Hall–Kier alpha value is -2.97. The van der Waals surface area contributed by atoms with Crippen LogP contribution in [0.2, 0.25) is 0 Å². The van der Waals surface area contributed by atoms with Gasteiger partial charge in [0, 0.05) is 13.1 Å². The molecular formula is C20H22N2O6. The van der Waals surface area contributed by atoms with Crippen LogP contribution in [0.25, 0.3) is 0 Å². The van der Waals surface area contributed by atoms with E-state index in [2.05, 4.69) is 0 Å². The Labute approximate surface area is 162 Å². The van der Waals surface area contributed by atoms with Crippen molar-refractivity contribution in [3.05, 3.63) is 47.5 Å². The Morgan fingerprint density at radius 1 is 0.821 bits per heavy atom. The van der Waals surface area contributed by atoms with E-state index in [9.17, 15) is 4.79 Å². The van der Waals surface area contributed by atoms with Crippen LogP contribution in [0.1, 0.15) is 11.1 Å². The first-order valence-corrected chi connectivity index (χ1v) is 9.13. The van der Waals surface area contributed by atoms with Gasteiger partial charge in [0.05, 0.1) is 6.54 Å². The Balaban J connectivity index is 1.51. The van der Waals surface area contributed by atoms with Crippen LogP contribution in [0, 0.1) is 0 Å². The van der Waals surface area contributed by atoms with Crippen LogP contribution >= 0.6 is 0 Å². The maximum atomic E-state index is 11.8. The zero-order chi connectivity index (χ0) is 19.3. The molecule has 2 aliphatic rings. The molecule has 0 fully saturated rings. The van der Waals surface area contributed by atoms with E-state index in [1.54, 1.807) is 5.48 Å². The summed E-state index contributed by atoms with van der Waals surface area (Å²) in [5.41, 5.74) is 3.66. The topological polar surface area (TPSA) is 89.5 Å². The maximum Gasteiger partial charge on any atom is 0.257 e. The van der Waals surface area contributed by atoms with Gasteiger partial charge >= 0.3 is 0 Å². The van der Waals surface area contributed by atoms with Crippen LogP contribution in [0.4, 0.5) is 0 Å². The molecule has 2 heterocycles. The number of fused-ring (bicyclic) bond motifs is 2. The fourth-order valence-electron chi connectivity index (χ4n) is 3.29. The summed E-state index contributed by atoms with van der Waals surface area (Å²) in [4.78, 5) is 13.7. The minimum absolute atomic E-state index is 0.0411. The predicted molar refractivity (Wildman–Crippen MR) is 98.9 cm³/mol. The quantitative estimate of drug-likeness (QED) is 0.577. The van der Waals surface area contributed by atoms with Gasteiger partial charge in [-0.25, -0.2) is 5.48 Å². The highest BCUT2D eigenvalue weighted by Gasteiger charge is 2.17. The summed E-state index contributed by atoms with van der Waals surface area (Å²) in [5.74, 6) is 2.38. The Morgan fingerprint density at radius 3 is 1.75 bits per heavy atom. The zero-order valence-electron chi connectivity index (χ0n) is 15.3. The highest BCUT2D eigenvalue weighted by molar-refractivity contribution is 5.76. The van der Waals surface area contributed by atoms with Gasteiger partial charge in [-0.3, -0.25) is 14.9 Å². The van der Waals surface area contributed by atoms with Crippen LogP contribution in [0.5, 0.6) is 23.0 Å².